The molecule has 2 heterocycles. The summed E-state index contributed by atoms with van der Waals surface area (Å²) in [5.41, 5.74) is 10.2. The van der Waals surface area contributed by atoms with Gasteiger partial charge in [0, 0.05) is 20.0 Å². The molecule has 2 amide bonds. The number of nitriles is 1. The number of hydrogen-bond donors (Lipinski definition) is 2. The largest absolute Gasteiger partial charge is 0.382 e. The zero-order chi connectivity index (χ0) is 24.1. The van der Waals surface area contributed by atoms with Crippen LogP contribution >= 0.6 is 0 Å². The molecule has 0 bridgehead atoms. The number of para-hydroxylation sites is 1. The van der Waals surface area contributed by atoms with Crippen molar-refractivity contribution in [1.82, 2.24) is 20.0 Å². The van der Waals surface area contributed by atoms with Gasteiger partial charge in [0.05, 0.1) is 23.8 Å². The van der Waals surface area contributed by atoms with E-state index in [1.165, 1.54) is 5.56 Å². The molecule has 0 radical (unpaired) electrons. The fourth-order valence-corrected chi connectivity index (χ4v) is 4.52. The van der Waals surface area contributed by atoms with Gasteiger partial charge in [0.25, 0.3) is 0 Å². The van der Waals surface area contributed by atoms with Crippen molar-refractivity contribution in [3.05, 3.63) is 77.0 Å². The van der Waals surface area contributed by atoms with E-state index in [1.807, 2.05) is 48.5 Å². The molecule has 1 aromatic heterocycles. The van der Waals surface area contributed by atoms with Crippen LogP contribution in [0.25, 0.3) is 5.69 Å². The molecule has 4 rings (SSSR count). The van der Waals surface area contributed by atoms with Gasteiger partial charge in [-0.25, -0.2) is 4.68 Å². The highest BCUT2D eigenvalue weighted by Gasteiger charge is 2.30. The average Bonchev–Trinajstić information content (AvgIpc) is 3.17. The van der Waals surface area contributed by atoms with Crippen LogP contribution in [0, 0.1) is 11.3 Å². The second-order valence-electron chi connectivity index (χ2n) is 8.40. The number of benzene rings is 2. The smallest absolute Gasteiger partial charge is 0.222 e. The topological polar surface area (TPSA) is 117 Å². The minimum atomic E-state index is -0.256. The van der Waals surface area contributed by atoms with Gasteiger partial charge in [0.15, 0.2) is 0 Å². The van der Waals surface area contributed by atoms with Crippen molar-refractivity contribution in [2.45, 2.75) is 38.6 Å². The molecule has 1 unspecified atom stereocenters. The van der Waals surface area contributed by atoms with Crippen molar-refractivity contribution >= 4 is 17.6 Å². The molecule has 1 aliphatic heterocycles. The summed E-state index contributed by atoms with van der Waals surface area (Å²) in [6.07, 6.45) is 2.14. The Hall–Kier alpha value is -4.12. The predicted molar refractivity (Wildman–Crippen MR) is 129 cm³/mol. The molecule has 1 atom stereocenters. The number of aryl methyl sites for hydroxylation is 1. The lowest BCUT2D eigenvalue weighted by Crippen LogP contribution is -2.41. The van der Waals surface area contributed by atoms with E-state index >= 15 is 0 Å². The molecule has 3 N–H and O–H groups in total. The molecule has 34 heavy (non-hydrogen) atoms. The van der Waals surface area contributed by atoms with Gasteiger partial charge in [-0.3, -0.25) is 9.59 Å². The minimum absolute atomic E-state index is 0.0251. The van der Waals surface area contributed by atoms with Crippen molar-refractivity contribution in [1.29, 1.82) is 5.26 Å². The van der Waals surface area contributed by atoms with Crippen LogP contribution in [0.3, 0.4) is 0 Å². The minimum Gasteiger partial charge on any atom is -0.382 e. The molecular formula is C26H28N6O2. The van der Waals surface area contributed by atoms with Crippen molar-refractivity contribution in [2.24, 2.45) is 0 Å². The van der Waals surface area contributed by atoms with Gasteiger partial charge in [-0.1, -0.05) is 42.5 Å². The molecule has 2 aromatic carbocycles. The van der Waals surface area contributed by atoms with E-state index in [1.54, 1.807) is 16.5 Å². The van der Waals surface area contributed by atoms with Gasteiger partial charge >= 0.3 is 0 Å². The third-order valence-electron chi connectivity index (χ3n) is 6.21. The third-order valence-corrected chi connectivity index (χ3v) is 6.21. The summed E-state index contributed by atoms with van der Waals surface area (Å²) in [5.74, 6) is 0.179. The number of hydrogen-bond acceptors (Lipinski definition) is 5. The van der Waals surface area contributed by atoms with Crippen molar-refractivity contribution in [3.8, 4) is 11.8 Å². The normalized spacial score (nSPS) is 14.8. The van der Waals surface area contributed by atoms with Crippen LogP contribution in [0.1, 0.15) is 48.2 Å². The standard InChI is InChI=1S/C26H28N6O2/c1-18(33)31-15-13-19-8-5-6-11-21(19)24(31)16-25(34)29-14-7-12-23-22(17-27)26(28)32(30-23)20-9-3-2-4-10-20/h2-6,8-11,24H,7,12-16,28H2,1H3,(H,29,34). The van der Waals surface area contributed by atoms with E-state index in [0.29, 0.717) is 43.0 Å². The number of carbonyl (C=O) groups excluding carboxylic acids is 2. The lowest BCUT2D eigenvalue weighted by Gasteiger charge is -2.36. The first kappa shape index (κ1) is 23.1. The molecule has 3 aromatic rings. The van der Waals surface area contributed by atoms with Crippen LogP contribution in [0.15, 0.2) is 54.6 Å². The van der Waals surface area contributed by atoms with Gasteiger partial charge in [-0.2, -0.15) is 10.4 Å². The number of carbonyl (C=O) groups is 2. The molecule has 174 valence electrons. The zero-order valence-corrected chi connectivity index (χ0v) is 19.2. The Bertz CT molecular complexity index is 1230. The Balaban J connectivity index is 1.36. The van der Waals surface area contributed by atoms with Crippen molar-refractivity contribution < 1.29 is 9.59 Å². The van der Waals surface area contributed by atoms with E-state index < -0.39 is 0 Å². The van der Waals surface area contributed by atoms with Gasteiger partial charge < -0.3 is 16.0 Å². The Labute approximate surface area is 199 Å². The average molecular weight is 457 g/mol. The summed E-state index contributed by atoms with van der Waals surface area (Å²) in [7, 11) is 0. The number of nitrogens with two attached hydrogens (primary N) is 1. The number of nitrogens with one attached hydrogen (secondary N) is 1. The van der Waals surface area contributed by atoms with E-state index in [9.17, 15) is 14.9 Å². The highest BCUT2D eigenvalue weighted by Crippen LogP contribution is 2.32. The highest BCUT2D eigenvalue weighted by atomic mass is 16.2. The van der Waals surface area contributed by atoms with E-state index in [2.05, 4.69) is 22.6 Å². The fraction of sp³-hybridized carbons (Fsp3) is 0.308. The van der Waals surface area contributed by atoms with Crippen LogP contribution in [-0.4, -0.2) is 39.6 Å². The molecule has 1 aliphatic rings. The number of aromatic nitrogens is 2. The zero-order valence-electron chi connectivity index (χ0n) is 19.2. The van der Waals surface area contributed by atoms with Crippen molar-refractivity contribution in [2.75, 3.05) is 18.8 Å². The Morgan fingerprint density at radius 2 is 1.91 bits per heavy atom. The summed E-state index contributed by atoms with van der Waals surface area (Å²) in [4.78, 5) is 26.7. The van der Waals surface area contributed by atoms with E-state index in [0.717, 1.165) is 17.7 Å². The maximum atomic E-state index is 12.7. The lowest BCUT2D eigenvalue weighted by atomic mass is 9.90. The van der Waals surface area contributed by atoms with Crippen LogP contribution in [0.4, 0.5) is 5.82 Å². The number of nitrogen functional groups attached to an aromatic ring is 1. The van der Waals surface area contributed by atoms with Gasteiger partial charge in [-0.15, -0.1) is 0 Å². The Kier molecular flexibility index (Phi) is 6.93. The SMILES string of the molecule is CC(=O)N1CCc2ccccc2C1CC(=O)NCCCc1nn(-c2ccccc2)c(N)c1C#N. The number of nitrogens with zero attached hydrogens (tertiary/aromatic N) is 4. The van der Waals surface area contributed by atoms with Gasteiger partial charge in [0.1, 0.15) is 17.5 Å². The summed E-state index contributed by atoms with van der Waals surface area (Å²) in [5, 5.41) is 17.0. The van der Waals surface area contributed by atoms with Crippen LogP contribution in [0.5, 0.6) is 0 Å². The first-order valence-electron chi connectivity index (χ1n) is 11.4. The summed E-state index contributed by atoms with van der Waals surface area (Å²) >= 11 is 0. The van der Waals surface area contributed by atoms with Gasteiger partial charge in [0.2, 0.25) is 11.8 Å². The number of anilines is 1. The van der Waals surface area contributed by atoms with Gasteiger partial charge in [-0.05, 0) is 42.5 Å². The quantitative estimate of drug-likeness (QED) is 0.530. The molecule has 0 aliphatic carbocycles. The van der Waals surface area contributed by atoms with Crippen LogP contribution in [-0.2, 0) is 22.4 Å². The number of fused-ring (bicyclic) bond motifs is 1. The molecular weight excluding hydrogens is 428 g/mol. The number of rotatable bonds is 7. The molecule has 8 heteroatoms. The lowest BCUT2D eigenvalue weighted by molar-refractivity contribution is -0.133. The van der Waals surface area contributed by atoms with Crippen molar-refractivity contribution in [3.63, 3.8) is 0 Å². The molecule has 0 fully saturated rings. The molecule has 0 spiro atoms. The Morgan fingerprint density at radius 1 is 1.18 bits per heavy atom. The fourth-order valence-electron chi connectivity index (χ4n) is 4.52. The summed E-state index contributed by atoms with van der Waals surface area (Å²) in [6.45, 7) is 2.61. The first-order chi connectivity index (χ1) is 16.5. The predicted octanol–water partition coefficient (Wildman–Crippen LogP) is 2.91. The van der Waals surface area contributed by atoms with Crippen LogP contribution in [0.2, 0.25) is 0 Å². The second-order valence-corrected chi connectivity index (χ2v) is 8.40. The molecule has 0 saturated heterocycles. The highest BCUT2D eigenvalue weighted by molar-refractivity contribution is 5.79. The third kappa shape index (κ3) is 4.79. The van der Waals surface area contributed by atoms with E-state index in [-0.39, 0.29) is 24.3 Å². The summed E-state index contributed by atoms with van der Waals surface area (Å²) < 4.78 is 1.57. The first-order valence-corrected chi connectivity index (χ1v) is 11.4. The Morgan fingerprint density at radius 3 is 2.65 bits per heavy atom. The number of amides is 2. The maximum absolute atomic E-state index is 12.7. The monoisotopic (exact) mass is 456 g/mol. The maximum Gasteiger partial charge on any atom is 0.222 e. The molecule has 8 nitrogen and oxygen atoms in total. The summed E-state index contributed by atoms with van der Waals surface area (Å²) in [6, 6.07) is 19.3. The molecule has 0 saturated carbocycles. The second kappa shape index (κ2) is 10.2. The van der Waals surface area contributed by atoms with E-state index in [4.69, 9.17) is 5.73 Å². The van der Waals surface area contributed by atoms with Crippen LogP contribution < -0.4 is 11.1 Å².